The van der Waals surface area contributed by atoms with Crippen LogP contribution in [0.2, 0.25) is 10.0 Å². The quantitative estimate of drug-likeness (QED) is 0.232. The van der Waals surface area contributed by atoms with E-state index in [1.165, 1.54) is 5.56 Å². The van der Waals surface area contributed by atoms with Crippen LogP contribution in [0.1, 0.15) is 12.0 Å². The lowest BCUT2D eigenvalue weighted by atomic mass is 10.1. The zero-order chi connectivity index (χ0) is 24.4. The summed E-state index contributed by atoms with van der Waals surface area (Å²) in [6.45, 7) is 2.50. The number of nitrogens with one attached hydrogen (secondary N) is 1. The largest absolute Gasteiger partial charge is 0.369 e. The number of anilines is 1. The average Bonchev–Trinajstić information content (AvgIpc) is 3.22. The van der Waals surface area contributed by atoms with E-state index in [4.69, 9.17) is 33.2 Å². The number of benzene rings is 3. The molecule has 5 aromatic rings. The van der Waals surface area contributed by atoms with Gasteiger partial charge in [0.25, 0.3) is 0 Å². The molecule has 178 valence electrons. The maximum absolute atomic E-state index is 6.69. The van der Waals surface area contributed by atoms with Crippen molar-refractivity contribution < 1.29 is 0 Å². The lowest BCUT2D eigenvalue weighted by molar-refractivity contribution is 0.405. The number of aromatic nitrogens is 3. The molecule has 1 N–H and O–H groups in total. The molecule has 0 aliphatic heterocycles. The van der Waals surface area contributed by atoms with Crippen LogP contribution < -0.4 is 5.32 Å². The fourth-order valence-corrected chi connectivity index (χ4v) is 4.87. The molecule has 0 aliphatic carbocycles. The highest BCUT2D eigenvalue weighted by Crippen LogP contribution is 2.36. The van der Waals surface area contributed by atoms with Crippen LogP contribution in [0.4, 0.5) is 5.82 Å². The van der Waals surface area contributed by atoms with Gasteiger partial charge in [0.05, 0.1) is 21.1 Å². The van der Waals surface area contributed by atoms with E-state index in [0.29, 0.717) is 22.4 Å². The van der Waals surface area contributed by atoms with Crippen LogP contribution >= 0.6 is 23.2 Å². The first kappa shape index (κ1) is 23.6. The molecule has 3 aromatic carbocycles. The summed E-state index contributed by atoms with van der Waals surface area (Å²) in [6.07, 6.45) is 3.10. The highest BCUT2D eigenvalue weighted by atomic mass is 35.5. The van der Waals surface area contributed by atoms with Gasteiger partial charge in [0, 0.05) is 35.6 Å². The second-order valence-corrected chi connectivity index (χ2v) is 9.72. The molecular weight excluding hydrogens is 477 g/mol. The Morgan fingerprint density at radius 1 is 0.857 bits per heavy atom. The van der Waals surface area contributed by atoms with Crippen molar-refractivity contribution in [2.24, 2.45) is 0 Å². The molecule has 0 atom stereocenters. The number of halogens is 2. The summed E-state index contributed by atoms with van der Waals surface area (Å²) in [6, 6.07) is 22.1. The van der Waals surface area contributed by atoms with Crippen molar-refractivity contribution in [2.75, 3.05) is 32.5 Å². The molecule has 2 heterocycles. The molecule has 5 rings (SSSR count). The summed E-state index contributed by atoms with van der Waals surface area (Å²) in [5.74, 6) is 1.41. The minimum Gasteiger partial charge on any atom is -0.369 e. The number of hydrogen-bond donors (Lipinski definition) is 1. The first-order valence-electron chi connectivity index (χ1n) is 11.7. The van der Waals surface area contributed by atoms with Crippen LogP contribution in [0.15, 0.2) is 72.9 Å². The molecule has 0 bridgehead atoms. The Bertz CT molecular complexity index is 1480. The molecule has 7 heteroatoms. The van der Waals surface area contributed by atoms with Crippen LogP contribution in [-0.4, -0.2) is 46.6 Å². The Hall–Kier alpha value is -3.12. The molecule has 0 amide bonds. The van der Waals surface area contributed by atoms with Gasteiger partial charge in [-0.3, -0.25) is 0 Å². The van der Waals surface area contributed by atoms with Gasteiger partial charge in [-0.1, -0.05) is 71.7 Å². The normalized spacial score (nSPS) is 11.6. The van der Waals surface area contributed by atoms with Crippen molar-refractivity contribution in [1.82, 2.24) is 19.4 Å². The number of para-hydroxylation sites is 2. The summed E-state index contributed by atoms with van der Waals surface area (Å²) in [5, 5.41) is 6.75. The van der Waals surface area contributed by atoms with Gasteiger partial charge in [-0.15, -0.1) is 0 Å². The maximum Gasteiger partial charge on any atom is 0.164 e. The van der Waals surface area contributed by atoms with Crippen LogP contribution in [0, 0.1) is 0 Å². The number of fused-ring (bicyclic) bond motifs is 2. The van der Waals surface area contributed by atoms with E-state index in [1.54, 1.807) is 0 Å². The summed E-state index contributed by atoms with van der Waals surface area (Å²) < 4.78 is 2.17. The Morgan fingerprint density at radius 3 is 2.37 bits per heavy atom. The van der Waals surface area contributed by atoms with E-state index in [9.17, 15) is 0 Å². The van der Waals surface area contributed by atoms with E-state index < -0.39 is 0 Å². The molecule has 0 spiro atoms. The van der Waals surface area contributed by atoms with Crippen LogP contribution in [0.5, 0.6) is 0 Å². The predicted molar refractivity (Wildman–Crippen MR) is 148 cm³/mol. The van der Waals surface area contributed by atoms with Crippen molar-refractivity contribution in [3.63, 3.8) is 0 Å². The Morgan fingerprint density at radius 2 is 1.60 bits per heavy atom. The molecule has 2 aromatic heterocycles. The van der Waals surface area contributed by atoms with Gasteiger partial charge < -0.3 is 14.8 Å². The Labute approximate surface area is 215 Å². The standard InChI is InChI=1S/C28H27Cl2N5/c1-34(2)16-8-15-31-27-21-12-7-13-23(29)25(21)32-28(33-27)22-18-35(17-19-9-4-3-5-10-19)26-20(22)11-6-14-24(26)30/h3-7,9-14,18H,8,15-17H2,1-2H3,(H,31,32,33). The summed E-state index contributed by atoms with van der Waals surface area (Å²) in [4.78, 5) is 12.1. The van der Waals surface area contributed by atoms with Crippen molar-refractivity contribution in [3.05, 3.63) is 88.5 Å². The third-order valence-corrected chi connectivity index (χ3v) is 6.65. The monoisotopic (exact) mass is 503 g/mol. The van der Waals surface area contributed by atoms with E-state index in [1.807, 2.05) is 48.5 Å². The van der Waals surface area contributed by atoms with Gasteiger partial charge in [-0.25, -0.2) is 9.97 Å². The fourth-order valence-electron chi connectivity index (χ4n) is 4.37. The Balaban J connectivity index is 1.63. The molecule has 0 fully saturated rings. The average molecular weight is 504 g/mol. The van der Waals surface area contributed by atoms with Gasteiger partial charge in [0.15, 0.2) is 5.82 Å². The SMILES string of the molecule is CN(C)CCCNc1nc(-c2cn(Cc3ccccc3)c3c(Cl)cccc23)nc2c(Cl)cccc12. The molecule has 0 saturated carbocycles. The van der Waals surface area contributed by atoms with Gasteiger partial charge in [0.2, 0.25) is 0 Å². The minimum atomic E-state index is 0.605. The third-order valence-electron chi connectivity index (χ3n) is 6.04. The summed E-state index contributed by atoms with van der Waals surface area (Å²) in [5.41, 5.74) is 3.83. The van der Waals surface area contributed by atoms with Crippen molar-refractivity contribution in [1.29, 1.82) is 0 Å². The third kappa shape index (κ3) is 4.98. The molecular formula is C28H27Cl2N5. The molecule has 0 saturated heterocycles. The minimum absolute atomic E-state index is 0.605. The smallest absolute Gasteiger partial charge is 0.164 e. The second kappa shape index (κ2) is 10.2. The zero-order valence-corrected chi connectivity index (χ0v) is 21.3. The predicted octanol–water partition coefficient (Wildman–Crippen LogP) is 6.97. The van der Waals surface area contributed by atoms with Gasteiger partial charge >= 0.3 is 0 Å². The van der Waals surface area contributed by atoms with Gasteiger partial charge in [-0.2, -0.15) is 0 Å². The van der Waals surface area contributed by atoms with Crippen LogP contribution in [0.25, 0.3) is 33.2 Å². The van der Waals surface area contributed by atoms with E-state index in [0.717, 1.165) is 52.7 Å². The van der Waals surface area contributed by atoms with Crippen LogP contribution in [0.3, 0.4) is 0 Å². The van der Waals surface area contributed by atoms with Crippen molar-refractivity contribution >= 4 is 50.8 Å². The number of hydrogen-bond acceptors (Lipinski definition) is 4. The van der Waals surface area contributed by atoms with Crippen molar-refractivity contribution in [2.45, 2.75) is 13.0 Å². The van der Waals surface area contributed by atoms with E-state index in [-0.39, 0.29) is 0 Å². The fraction of sp³-hybridized carbons (Fsp3) is 0.214. The summed E-state index contributed by atoms with van der Waals surface area (Å²) in [7, 11) is 4.16. The van der Waals surface area contributed by atoms with Gasteiger partial charge in [0.1, 0.15) is 5.82 Å². The highest BCUT2D eigenvalue weighted by Gasteiger charge is 2.18. The molecule has 5 nitrogen and oxygen atoms in total. The zero-order valence-electron chi connectivity index (χ0n) is 19.8. The first-order chi connectivity index (χ1) is 17.0. The second-order valence-electron chi connectivity index (χ2n) is 8.91. The van der Waals surface area contributed by atoms with Gasteiger partial charge in [-0.05, 0) is 50.8 Å². The van der Waals surface area contributed by atoms with Crippen molar-refractivity contribution in [3.8, 4) is 11.4 Å². The topological polar surface area (TPSA) is 46.0 Å². The summed E-state index contributed by atoms with van der Waals surface area (Å²) >= 11 is 13.3. The molecule has 0 aliphatic rings. The Kier molecular flexibility index (Phi) is 6.91. The highest BCUT2D eigenvalue weighted by molar-refractivity contribution is 6.36. The lowest BCUT2D eigenvalue weighted by Gasteiger charge is -2.13. The molecule has 35 heavy (non-hydrogen) atoms. The number of rotatable bonds is 8. The number of nitrogens with zero attached hydrogens (tertiary/aromatic N) is 4. The molecule has 0 unspecified atom stereocenters. The van der Waals surface area contributed by atoms with Crippen LogP contribution in [-0.2, 0) is 6.54 Å². The van der Waals surface area contributed by atoms with E-state index >= 15 is 0 Å². The first-order valence-corrected chi connectivity index (χ1v) is 12.4. The maximum atomic E-state index is 6.69. The van der Waals surface area contributed by atoms with E-state index in [2.05, 4.69) is 53.3 Å². The lowest BCUT2D eigenvalue weighted by Crippen LogP contribution is -2.17. The molecule has 0 radical (unpaired) electrons.